The van der Waals surface area contributed by atoms with Gasteiger partial charge in [0.15, 0.2) is 0 Å². The molecule has 0 saturated carbocycles. The first-order valence-corrected chi connectivity index (χ1v) is 9.20. The number of hydrogen-bond donors (Lipinski definition) is 3. The van der Waals surface area contributed by atoms with E-state index in [4.69, 9.17) is 0 Å². The van der Waals surface area contributed by atoms with Crippen LogP contribution in [-0.2, 0) is 4.79 Å². The Morgan fingerprint density at radius 3 is 2.21 bits per heavy atom. The zero-order chi connectivity index (χ0) is 19.6. The molecule has 0 radical (unpaired) electrons. The Balaban J connectivity index is 0.00000392. The van der Waals surface area contributed by atoms with Crippen LogP contribution in [0.5, 0.6) is 0 Å². The predicted octanol–water partition coefficient (Wildman–Crippen LogP) is 3.42. The fourth-order valence-corrected chi connectivity index (χ4v) is 2.88. The largest absolute Gasteiger partial charge is 0.478 e. The van der Waals surface area contributed by atoms with Gasteiger partial charge in [-0.15, -0.1) is 12.4 Å². The van der Waals surface area contributed by atoms with Crippen molar-refractivity contribution in [3.05, 3.63) is 65.7 Å². The first-order valence-electron chi connectivity index (χ1n) is 9.20. The van der Waals surface area contributed by atoms with Gasteiger partial charge in [0, 0.05) is 18.8 Å². The first-order chi connectivity index (χ1) is 13.1. The molecule has 1 atom stereocenters. The summed E-state index contributed by atoms with van der Waals surface area (Å²) in [5.41, 5.74) is 1.32. The zero-order valence-electron chi connectivity index (χ0n) is 16.2. The van der Waals surface area contributed by atoms with Crippen molar-refractivity contribution in [1.82, 2.24) is 10.2 Å². The summed E-state index contributed by atoms with van der Waals surface area (Å²) in [5, 5.41) is 15.5. The van der Waals surface area contributed by atoms with Gasteiger partial charge >= 0.3 is 5.97 Å². The highest BCUT2D eigenvalue weighted by molar-refractivity contribution is 5.95. The maximum Gasteiger partial charge on any atom is 0.337 e. The lowest BCUT2D eigenvalue weighted by Gasteiger charge is -2.23. The van der Waals surface area contributed by atoms with Gasteiger partial charge in [-0.3, -0.25) is 4.79 Å². The van der Waals surface area contributed by atoms with Crippen molar-refractivity contribution in [2.75, 3.05) is 31.5 Å². The smallest absolute Gasteiger partial charge is 0.337 e. The van der Waals surface area contributed by atoms with Crippen molar-refractivity contribution in [2.24, 2.45) is 0 Å². The topological polar surface area (TPSA) is 81.7 Å². The molecular weight excluding hydrogens is 378 g/mol. The number of carbonyl (C=O) groups excluding carboxylic acids is 1. The number of anilines is 1. The Morgan fingerprint density at radius 2 is 1.61 bits per heavy atom. The lowest BCUT2D eigenvalue weighted by molar-refractivity contribution is -0.122. The third kappa shape index (κ3) is 6.55. The summed E-state index contributed by atoms with van der Waals surface area (Å²) in [4.78, 5) is 26.6. The number of halogens is 1. The number of amides is 1. The molecule has 3 N–H and O–H groups in total. The Morgan fingerprint density at radius 1 is 1.00 bits per heavy atom. The Labute approximate surface area is 172 Å². The summed E-state index contributed by atoms with van der Waals surface area (Å²) < 4.78 is 0. The molecule has 2 rings (SSSR count). The van der Waals surface area contributed by atoms with Gasteiger partial charge in [0.25, 0.3) is 0 Å². The van der Waals surface area contributed by atoms with Gasteiger partial charge in [-0.05, 0) is 30.8 Å². The Hall–Kier alpha value is -2.57. The fourth-order valence-electron chi connectivity index (χ4n) is 2.88. The second-order valence-electron chi connectivity index (χ2n) is 6.16. The normalized spacial score (nSPS) is 11.4. The fraction of sp³-hybridized carbons (Fsp3) is 0.333. The van der Waals surface area contributed by atoms with Gasteiger partial charge < -0.3 is 20.6 Å². The quantitative estimate of drug-likeness (QED) is 0.564. The minimum absolute atomic E-state index is 0. The monoisotopic (exact) mass is 405 g/mol. The number of rotatable bonds is 10. The summed E-state index contributed by atoms with van der Waals surface area (Å²) in [5.74, 6) is -1.22. The number of carboxylic acids is 1. The predicted molar refractivity (Wildman–Crippen MR) is 114 cm³/mol. The highest BCUT2D eigenvalue weighted by atomic mass is 35.5. The Kier molecular flexibility index (Phi) is 10.1. The molecule has 0 aliphatic heterocycles. The van der Waals surface area contributed by atoms with Crippen LogP contribution in [0.15, 0.2) is 54.6 Å². The van der Waals surface area contributed by atoms with E-state index in [1.165, 1.54) is 6.07 Å². The van der Waals surface area contributed by atoms with Gasteiger partial charge in [-0.25, -0.2) is 4.79 Å². The number of aromatic carboxylic acids is 1. The van der Waals surface area contributed by atoms with Crippen LogP contribution < -0.4 is 10.6 Å². The minimum Gasteiger partial charge on any atom is -0.478 e. The van der Waals surface area contributed by atoms with Gasteiger partial charge in [-0.2, -0.15) is 0 Å². The molecule has 0 bridgehead atoms. The molecule has 152 valence electrons. The maximum atomic E-state index is 12.8. The van der Waals surface area contributed by atoms with E-state index < -0.39 is 12.0 Å². The molecule has 28 heavy (non-hydrogen) atoms. The number of carboxylic acid groups (broad SMARTS) is 1. The number of nitrogens with one attached hydrogen (secondary N) is 2. The number of para-hydroxylation sites is 1. The van der Waals surface area contributed by atoms with E-state index in [1.54, 1.807) is 18.2 Å². The summed E-state index contributed by atoms with van der Waals surface area (Å²) >= 11 is 0. The van der Waals surface area contributed by atoms with Crippen LogP contribution in [-0.4, -0.2) is 48.1 Å². The lowest BCUT2D eigenvalue weighted by Crippen LogP contribution is -2.39. The highest BCUT2D eigenvalue weighted by Crippen LogP contribution is 2.23. The van der Waals surface area contributed by atoms with Gasteiger partial charge in [0.05, 0.1) is 5.56 Å². The van der Waals surface area contributed by atoms with Crippen LogP contribution in [0.4, 0.5) is 5.69 Å². The molecule has 6 nitrogen and oxygen atoms in total. The SMILES string of the molecule is CCN(CC)CCNC(=O)C(Nc1ccccc1C(=O)O)c1ccccc1.Cl. The van der Waals surface area contributed by atoms with Gasteiger partial charge in [-0.1, -0.05) is 56.3 Å². The van der Waals surface area contributed by atoms with Gasteiger partial charge in [0.1, 0.15) is 6.04 Å². The van der Waals surface area contributed by atoms with Crippen molar-refractivity contribution in [1.29, 1.82) is 0 Å². The number of carbonyl (C=O) groups is 2. The number of hydrogen-bond acceptors (Lipinski definition) is 4. The number of benzene rings is 2. The molecule has 0 saturated heterocycles. The van der Waals surface area contributed by atoms with Crippen molar-refractivity contribution in [2.45, 2.75) is 19.9 Å². The lowest BCUT2D eigenvalue weighted by atomic mass is 10.0. The molecule has 1 amide bonds. The van der Waals surface area contributed by atoms with Crippen molar-refractivity contribution >= 4 is 30.0 Å². The van der Waals surface area contributed by atoms with E-state index >= 15 is 0 Å². The molecule has 0 fully saturated rings. The van der Waals surface area contributed by atoms with Crippen LogP contribution in [0, 0.1) is 0 Å². The number of likely N-dealkylation sites (N-methyl/N-ethyl adjacent to an activating group) is 1. The van der Waals surface area contributed by atoms with E-state index in [0.29, 0.717) is 12.2 Å². The maximum absolute atomic E-state index is 12.8. The minimum atomic E-state index is -1.04. The molecule has 2 aromatic carbocycles. The van der Waals surface area contributed by atoms with E-state index in [1.807, 2.05) is 30.3 Å². The van der Waals surface area contributed by atoms with Crippen molar-refractivity contribution in [3.8, 4) is 0 Å². The van der Waals surface area contributed by atoms with E-state index in [0.717, 1.165) is 25.2 Å². The third-order valence-electron chi connectivity index (χ3n) is 4.47. The molecular formula is C21H28ClN3O3. The average Bonchev–Trinajstić information content (AvgIpc) is 2.70. The second kappa shape index (κ2) is 12.0. The first kappa shape index (κ1) is 23.5. The van der Waals surface area contributed by atoms with E-state index in [9.17, 15) is 14.7 Å². The standard InChI is InChI=1S/C21H27N3O3.ClH/c1-3-24(4-2)15-14-22-20(25)19(16-10-6-5-7-11-16)23-18-13-9-8-12-17(18)21(26)27;/h5-13,19,23H,3-4,14-15H2,1-2H3,(H,22,25)(H,26,27);1H. The van der Waals surface area contributed by atoms with Crippen molar-refractivity contribution in [3.63, 3.8) is 0 Å². The average molecular weight is 406 g/mol. The molecule has 2 aromatic rings. The molecule has 0 aliphatic rings. The van der Waals surface area contributed by atoms with Gasteiger partial charge in [0.2, 0.25) is 5.91 Å². The second-order valence-corrected chi connectivity index (χ2v) is 6.16. The highest BCUT2D eigenvalue weighted by Gasteiger charge is 2.22. The molecule has 7 heteroatoms. The van der Waals surface area contributed by atoms with Crippen molar-refractivity contribution < 1.29 is 14.7 Å². The van der Waals surface area contributed by atoms with Crippen LogP contribution in [0.1, 0.15) is 35.8 Å². The number of nitrogens with zero attached hydrogens (tertiary/aromatic N) is 1. The van der Waals surface area contributed by atoms with Crippen LogP contribution in [0.25, 0.3) is 0 Å². The molecule has 0 spiro atoms. The third-order valence-corrected chi connectivity index (χ3v) is 4.47. The van der Waals surface area contributed by atoms with Crippen LogP contribution in [0.3, 0.4) is 0 Å². The summed E-state index contributed by atoms with van der Waals surface area (Å²) in [6.07, 6.45) is 0. The molecule has 0 aromatic heterocycles. The molecule has 0 aliphatic carbocycles. The summed E-state index contributed by atoms with van der Waals surface area (Å²) in [6.45, 7) is 7.33. The van der Waals surface area contributed by atoms with Crippen LogP contribution in [0.2, 0.25) is 0 Å². The molecule has 0 heterocycles. The summed E-state index contributed by atoms with van der Waals surface area (Å²) in [7, 11) is 0. The zero-order valence-corrected chi connectivity index (χ0v) is 17.0. The van der Waals surface area contributed by atoms with Crippen LogP contribution >= 0.6 is 12.4 Å². The Bertz CT molecular complexity index is 752. The van der Waals surface area contributed by atoms with E-state index in [2.05, 4.69) is 29.4 Å². The summed E-state index contributed by atoms with van der Waals surface area (Å²) in [6, 6.07) is 15.2. The molecule has 1 unspecified atom stereocenters. The van der Waals surface area contributed by atoms with E-state index in [-0.39, 0.29) is 23.9 Å².